The highest BCUT2D eigenvalue weighted by Gasteiger charge is 2.38. The lowest BCUT2D eigenvalue weighted by Crippen LogP contribution is -2.45. The number of carbonyl (C=O) groups is 2. The van der Waals surface area contributed by atoms with E-state index in [4.69, 9.17) is 4.74 Å². The topological polar surface area (TPSA) is 66.8 Å². The summed E-state index contributed by atoms with van der Waals surface area (Å²) in [5.41, 5.74) is 0.471. The molecular formula is C19H21NO4. The van der Waals surface area contributed by atoms with Gasteiger partial charge in [0, 0.05) is 20.4 Å². The Balaban J connectivity index is 2.49. The summed E-state index contributed by atoms with van der Waals surface area (Å²) < 4.78 is 5.37. The Morgan fingerprint density at radius 3 is 2.08 bits per heavy atom. The summed E-state index contributed by atoms with van der Waals surface area (Å²) in [6.07, 6.45) is -1.03. The lowest BCUT2D eigenvalue weighted by atomic mass is 9.86. The van der Waals surface area contributed by atoms with Crippen LogP contribution in [0.3, 0.4) is 0 Å². The van der Waals surface area contributed by atoms with Crippen molar-refractivity contribution >= 4 is 12.1 Å². The fraction of sp³-hybridized carbons (Fsp3) is 0.263. The maximum atomic E-state index is 11.7. The van der Waals surface area contributed by atoms with Gasteiger partial charge in [0.05, 0.1) is 6.54 Å². The van der Waals surface area contributed by atoms with Crippen molar-refractivity contribution in [3.05, 3.63) is 71.8 Å². The zero-order valence-corrected chi connectivity index (χ0v) is 13.8. The van der Waals surface area contributed by atoms with Gasteiger partial charge in [-0.1, -0.05) is 60.7 Å². The molecule has 0 spiro atoms. The Morgan fingerprint density at radius 1 is 1.04 bits per heavy atom. The van der Waals surface area contributed by atoms with Crippen molar-refractivity contribution in [1.29, 1.82) is 0 Å². The molecular weight excluding hydrogens is 306 g/mol. The second kappa shape index (κ2) is 7.64. The minimum absolute atomic E-state index is 0.132. The molecule has 5 nitrogen and oxygen atoms in total. The molecule has 0 aliphatic heterocycles. The molecule has 1 unspecified atom stereocenters. The van der Waals surface area contributed by atoms with E-state index in [2.05, 4.69) is 0 Å². The molecule has 0 radical (unpaired) electrons. The van der Waals surface area contributed by atoms with Gasteiger partial charge < -0.3 is 14.7 Å². The van der Waals surface area contributed by atoms with Crippen molar-refractivity contribution < 1.29 is 19.4 Å². The van der Waals surface area contributed by atoms with Gasteiger partial charge in [-0.15, -0.1) is 0 Å². The van der Waals surface area contributed by atoms with Gasteiger partial charge in [0.15, 0.2) is 5.60 Å². The minimum Gasteiger partial charge on any atom is -0.450 e. The largest absolute Gasteiger partial charge is 0.506 e. The van der Waals surface area contributed by atoms with Crippen LogP contribution in [-0.4, -0.2) is 35.7 Å². The predicted molar refractivity (Wildman–Crippen MR) is 90.7 cm³/mol. The predicted octanol–water partition coefficient (Wildman–Crippen LogP) is 3.30. The van der Waals surface area contributed by atoms with Crippen molar-refractivity contribution in [3.63, 3.8) is 0 Å². The highest BCUT2D eigenvalue weighted by molar-refractivity contribution is 5.73. The Labute approximate surface area is 141 Å². The summed E-state index contributed by atoms with van der Waals surface area (Å²) >= 11 is 0. The van der Waals surface area contributed by atoms with Gasteiger partial charge in [-0.05, 0) is 11.1 Å². The van der Waals surface area contributed by atoms with E-state index < -0.39 is 11.8 Å². The van der Waals surface area contributed by atoms with E-state index >= 15 is 0 Å². The molecule has 126 valence electrons. The number of carbonyl (C=O) groups excluding carboxylic acids is 1. The molecule has 1 N–H and O–H groups in total. The second-order valence-corrected chi connectivity index (χ2v) is 5.77. The Bertz CT molecular complexity index is 687. The third-order valence-electron chi connectivity index (χ3n) is 3.95. The third kappa shape index (κ3) is 4.35. The molecule has 24 heavy (non-hydrogen) atoms. The third-order valence-corrected chi connectivity index (χ3v) is 3.95. The summed E-state index contributed by atoms with van der Waals surface area (Å²) in [6.45, 7) is 1.58. The summed E-state index contributed by atoms with van der Waals surface area (Å²) in [6, 6.07) is 18.6. The first kappa shape index (κ1) is 17.5. The number of hydrogen-bond donors (Lipinski definition) is 1. The molecule has 0 fully saturated rings. The van der Waals surface area contributed by atoms with Gasteiger partial charge in [-0.25, -0.2) is 4.79 Å². The molecule has 1 amide bonds. The van der Waals surface area contributed by atoms with E-state index in [0.717, 1.165) is 5.56 Å². The van der Waals surface area contributed by atoms with E-state index in [-0.39, 0.29) is 12.5 Å². The van der Waals surface area contributed by atoms with Crippen molar-refractivity contribution in [2.45, 2.75) is 18.9 Å². The van der Waals surface area contributed by atoms with E-state index in [1.54, 1.807) is 7.05 Å². The summed E-state index contributed by atoms with van der Waals surface area (Å²) in [4.78, 5) is 24.6. The molecule has 0 heterocycles. The van der Waals surface area contributed by atoms with Crippen molar-refractivity contribution in [3.8, 4) is 0 Å². The number of benzene rings is 2. The number of nitrogens with zero attached hydrogens (tertiary/aromatic N) is 1. The monoisotopic (exact) mass is 327 g/mol. The number of likely N-dealkylation sites (N-methyl/N-ethyl adjacent to an activating group) is 1. The van der Waals surface area contributed by atoms with Gasteiger partial charge >= 0.3 is 6.16 Å². The zero-order valence-electron chi connectivity index (χ0n) is 13.8. The summed E-state index contributed by atoms with van der Waals surface area (Å²) in [5.74, 6) is -0.155. The molecule has 0 saturated carbocycles. The Morgan fingerprint density at radius 2 is 1.58 bits per heavy atom. The molecule has 0 aliphatic carbocycles. The standard InChI is InChI=1S/C19H21NO4/c1-15(21)20(2)14-19(24-18(22)23,17-11-7-4-8-12-17)13-16-9-5-3-6-10-16/h3-12H,13-14H2,1-2H3,(H,22,23). The summed E-state index contributed by atoms with van der Waals surface area (Å²) in [7, 11) is 1.64. The smallest absolute Gasteiger partial charge is 0.450 e. The van der Waals surface area contributed by atoms with E-state index in [9.17, 15) is 14.7 Å². The summed E-state index contributed by atoms with van der Waals surface area (Å²) in [5, 5.41) is 9.31. The van der Waals surface area contributed by atoms with Crippen LogP contribution in [0.5, 0.6) is 0 Å². The fourth-order valence-electron chi connectivity index (χ4n) is 2.71. The zero-order chi connectivity index (χ0) is 17.6. The molecule has 2 aromatic carbocycles. The highest BCUT2D eigenvalue weighted by atomic mass is 16.7. The number of amides is 1. The quantitative estimate of drug-likeness (QED) is 0.827. The van der Waals surface area contributed by atoms with Gasteiger partial charge in [-0.2, -0.15) is 0 Å². The van der Waals surface area contributed by atoms with Crippen molar-refractivity contribution in [1.82, 2.24) is 4.90 Å². The average molecular weight is 327 g/mol. The lowest BCUT2D eigenvalue weighted by molar-refractivity contribution is -0.132. The molecule has 0 aliphatic rings. The van der Waals surface area contributed by atoms with Crippen LogP contribution in [0.15, 0.2) is 60.7 Å². The number of hydrogen-bond acceptors (Lipinski definition) is 3. The maximum Gasteiger partial charge on any atom is 0.506 e. The van der Waals surface area contributed by atoms with Crippen LogP contribution >= 0.6 is 0 Å². The van der Waals surface area contributed by atoms with Gasteiger partial charge in [0.25, 0.3) is 0 Å². The highest BCUT2D eigenvalue weighted by Crippen LogP contribution is 2.31. The Hall–Kier alpha value is -2.82. The fourth-order valence-corrected chi connectivity index (χ4v) is 2.71. The first-order chi connectivity index (χ1) is 11.4. The normalized spacial score (nSPS) is 12.9. The second-order valence-electron chi connectivity index (χ2n) is 5.77. The van der Waals surface area contributed by atoms with Gasteiger partial charge in [-0.3, -0.25) is 4.79 Å². The molecule has 0 aromatic heterocycles. The van der Waals surface area contributed by atoms with Crippen LogP contribution in [-0.2, 0) is 21.6 Å². The molecule has 2 aromatic rings. The van der Waals surface area contributed by atoms with Crippen LogP contribution < -0.4 is 0 Å². The maximum absolute atomic E-state index is 11.7. The van der Waals surface area contributed by atoms with Crippen LogP contribution in [0.2, 0.25) is 0 Å². The van der Waals surface area contributed by atoms with Gasteiger partial charge in [0.2, 0.25) is 5.91 Å². The lowest BCUT2D eigenvalue weighted by Gasteiger charge is -2.36. The molecule has 1 atom stereocenters. The number of ether oxygens (including phenoxy) is 1. The van der Waals surface area contributed by atoms with E-state index in [1.807, 2.05) is 60.7 Å². The first-order valence-corrected chi connectivity index (χ1v) is 7.66. The van der Waals surface area contributed by atoms with Crippen molar-refractivity contribution in [2.75, 3.05) is 13.6 Å². The molecule has 5 heteroatoms. The molecule has 0 saturated heterocycles. The SMILES string of the molecule is CC(=O)N(C)CC(Cc1ccccc1)(OC(=O)O)c1ccccc1. The van der Waals surface area contributed by atoms with E-state index in [1.165, 1.54) is 11.8 Å². The van der Waals surface area contributed by atoms with Crippen LogP contribution in [0.4, 0.5) is 4.79 Å². The van der Waals surface area contributed by atoms with Crippen molar-refractivity contribution in [2.24, 2.45) is 0 Å². The van der Waals surface area contributed by atoms with Crippen LogP contribution in [0, 0.1) is 0 Å². The molecule has 0 bridgehead atoms. The average Bonchev–Trinajstić information content (AvgIpc) is 2.55. The minimum atomic E-state index is -1.37. The number of rotatable bonds is 6. The van der Waals surface area contributed by atoms with Gasteiger partial charge in [0.1, 0.15) is 0 Å². The number of carboxylic acid groups (broad SMARTS) is 1. The first-order valence-electron chi connectivity index (χ1n) is 7.66. The Kier molecular flexibility index (Phi) is 5.58. The van der Waals surface area contributed by atoms with Crippen LogP contribution in [0.25, 0.3) is 0 Å². The van der Waals surface area contributed by atoms with Crippen LogP contribution in [0.1, 0.15) is 18.1 Å². The molecule has 2 rings (SSSR count). The van der Waals surface area contributed by atoms with E-state index in [0.29, 0.717) is 12.0 Å².